The van der Waals surface area contributed by atoms with Crippen LogP contribution in [0.5, 0.6) is 11.5 Å². The standard InChI is InChI=1S/C16H12ClFO3/c1-9(19)12-6-11(8-15-16(12)21-5-4-20-15)10-2-3-14(18)13(17)7-10/h2-3,6-8H,4-5H2,1H3. The van der Waals surface area contributed by atoms with Crippen LogP contribution in [0.25, 0.3) is 11.1 Å². The largest absolute Gasteiger partial charge is 0.486 e. The Morgan fingerprint density at radius 3 is 2.62 bits per heavy atom. The molecule has 1 aliphatic heterocycles. The van der Waals surface area contributed by atoms with E-state index in [2.05, 4.69) is 0 Å². The van der Waals surface area contributed by atoms with Crippen LogP contribution in [0, 0.1) is 5.82 Å². The second-order valence-corrected chi connectivity index (χ2v) is 5.14. The second kappa shape index (κ2) is 5.37. The molecule has 0 fully saturated rings. The first-order chi connectivity index (χ1) is 10.1. The third kappa shape index (κ3) is 2.59. The summed E-state index contributed by atoms with van der Waals surface area (Å²) in [5.41, 5.74) is 1.88. The monoisotopic (exact) mass is 306 g/mol. The van der Waals surface area contributed by atoms with E-state index in [1.165, 1.54) is 19.1 Å². The molecule has 0 N–H and O–H groups in total. The summed E-state index contributed by atoms with van der Waals surface area (Å²) in [6, 6.07) is 7.90. The van der Waals surface area contributed by atoms with E-state index in [1.807, 2.05) is 0 Å². The summed E-state index contributed by atoms with van der Waals surface area (Å²) in [5.74, 6) is 0.381. The highest BCUT2D eigenvalue weighted by molar-refractivity contribution is 6.31. The van der Waals surface area contributed by atoms with Crippen molar-refractivity contribution in [3.63, 3.8) is 0 Å². The van der Waals surface area contributed by atoms with Crippen molar-refractivity contribution in [2.45, 2.75) is 6.92 Å². The van der Waals surface area contributed by atoms with Crippen molar-refractivity contribution in [3.8, 4) is 22.6 Å². The van der Waals surface area contributed by atoms with E-state index in [-0.39, 0.29) is 10.8 Å². The minimum absolute atomic E-state index is 0.0340. The molecular weight excluding hydrogens is 295 g/mol. The molecular formula is C16H12ClFO3. The topological polar surface area (TPSA) is 35.5 Å². The van der Waals surface area contributed by atoms with Crippen LogP contribution < -0.4 is 9.47 Å². The highest BCUT2D eigenvalue weighted by Crippen LogP contribution is 2.39. The van der Waals surface area contributed by atoms with Gasteiger partial charge in [-0.25, -0.2) is 4.39 Å². The number of Topliss-reactive ketones (excluding diaryl/α,β-unsaturated/α-hetero) is 1. The Bertz CT molecular complexity index is 728. The number of ketones is 1. The molecule has 108 valence electrons. The maximum absolute atomic E-state index is 13.3. The van der Waals surface area contributed by atoms with Gasteiger partial charge in [-0.05, 0) is 42.3 Å². The van der Waals surface area contributed by atoms with Crippen molar-refractivity contribution in [2.75, 3.05) is 13.2 Å². The van der Waals surface area contributed by atoms with Crippen LogP contribution in [0.1, 0.15) is 17.3 Å². The van der Waals surface area contributed by atoms with Gasteiger partial charge in [-0.2, -0.15) is 0 Å². The Morgan fingerprint density at radius 1 is 1.14 bits per heavy atom. The molecule has 0 saturated carbocycles. The minimum atomic E-state index is -0.482. The van der Waals surface area contributed by atoms with Crippen molar-refractivity contribution in [1.82, 2.24) is 0 Å². The van der Waals surface area contributed by atoms with Crippen molar-refractivity contribution >= 4 is 17.4 Å². The third-order valence-corrected chi connectivity index (χ3v) is 3.56. The fraction of sp³-hybridized carbons (Fsp3) is 0.188. The molecule has 0 saturated heterocycles. The van der Waals surface area contributed by atoms with E-state index < -0.39 is 5.82 Å². The van der Waals surface area contributed by atoms with Gasteiger partial charge in [0.1, 0.15) is 19.0 Å². The number of ether oxygens (including phenoxy) is 2. The van der Waals surface area contributed by atoms with Crippen LogP contribution in [0.15, 0.2) is 30.3 Å². The summed E-state index contributed by atoms with van der Waals surface area (Å²) < 4.78 is 24.3. The van der Waals surface area contributed by atoms with Crippen molar-refractivity contribution in [3.05, 3.63) is 46.7 Å². The van der Waals surface area contributed by atoms with Crippen LogP contribution in [0.3, 0.4) is 0 Å². The number of halogens is 2. The lowest BCUT2D eigenvalue weighted by molar-refractivity contribution is 0.100. The van der Waals surface area contributed by atoms with Gasteiger partial charge in [0.05, 0.1) is 10.6 Å². The molecule has 0 aromatic heterocycles. The number of fused-ring (bicyclic) bond motifs is 1. The average molecular weight is 307 g/mol. The SMILES string of the molecule is CC(=O)c1cc(-c2ccc(F)c(Cl)c2)cc2c1OCCO2. The third-order valence-electron chi connectivity index (χ3n) is 3.27. The molecule has 2 aromatic carbocycles. The Balaban J connectivity index is 2.16. The Hall–Kier alpha value is -2.07. The van der Waals surface area contributed by atoms with Crippen molar-refractivity contribution < 1.29 is 18.7 Å². The summed E-state index contributed by atoms with van der Waals surface area (Å²) in [4.78, 5) is 11.8. The highest BCUT2D eigenvalue weighted by Gasteiger charge is 2.20. The zero-order valence-corrected chi connectivity index (χ0v) is 12.0. The summed E-state index contributed by atoms with van der Waals surface area (Å²) in [5, 5.41) is 0.0340. The van der Waals surface area contributed by atoms with Crippen molar-refractivity contribution in [1.29, 1.82) is 0 Å². The van der Waals surface area contributed by atoms with Gasteiger partial charge in [-0.1, -0.05) is 17.7 Å². The number of carbonyl (C=O) groups excluding carboxylic acids is 1. The number of rotatable bonds is 2. The molecule has 0 radical (unpaired) electrons. The number of hydrogen-bond donors (Lipinski definition) is 0. The van der Waals surface area contributed by atoms with E-state index in [0.717, 1.165) is 5.56 Å². The first kappa shape index (κ1) is 13.9. The zero-order chi connectivity index (χ0) is 15.0. The smallest absolute Gasteiger partial charge is 0.172 e. The molecule has 0 amide bonds. The van der Waals surface area contributed by atoms with Gasteiger partial charge in [0.25, 0.3) is 0 Å². The average Bonchev–Trinajstić information content (AvgIpc) is 2.48. The second-order valence-electron chi connectivity index (χ2n) is 4.73. The molecule has 3 rings (SSSR count). The molecule has 0 atom stereocenters. The number of carbonyl (C=O) groups is 1. The van der Waals surface area contributed by atoms with Gasteiger partial charge >= 0.3 is 0 Å². The van der Waals surface area contributed by atoms with Gasteiger partial charge in [0.15, 0.2) is 17.3 Å². The maximum atomic E-state index is 13.3. The predicted molar refractivity (Wildman–Crippen MR) is 77.8 cm³/mol. The lowest BCUT2D eigenvalue weighted by Gasteiger charge is -2.21. The Labute approximate surface area is 126 Å². The van der Waals surface area contributed by atoms with Gasteiger partial charge < -0.3 is 9.47 Å². The van der Waals surface area contributed by atoms with Gasteiger partial charge in [-0.15, -0.1) is 0 Å². The summed E-state index contributed by atoms with van der Waals surface area (Å²) >= 11 is 5.81. The summed E-state index contributed by atoms with van der Waals surface area (Å²) in [7, 11) is 0. The molecule has 0 aliphatic carbocycles. The van der Waals surface area contributed by atoms with Crippen LogP contribution in [-0.2, 0) is 0 Å². The van der Waals surface area contributed by atoms with E-state index in [9.17, 15) is 9.18 Å². The maximum Gasteiger partial charge on any atom is 0.172 e. The lowest BCUT2D eigenvalue weighted by Crippen LogP contribution is -2.17. The molecule has 1 aliphatic rings. The molecule has 1 heterocycles. The molecule has 5 heteroatoms. The van der Waals surface area contributed by atoms with Crippen molar-refractivity contribution in [2.24, 2.45) is 0 Å². The summed E-state index contributed by atoms with van der Waals surface area (Å²) in [6.07, 6.45) is 0. The fourth-order valence-electron chi connectivity index (χ4n) is 2.26. The van der Waals surface area contributed by atoms with Gasteiger partial charge in [-0.3, -0.25) is 4.79 Å². The first-order valence-corrected chi connectivity index (χ1v) is 6.84. The van der Waals surface area contributed by atoms with E-state index in [0.29, 0.717) is 35.8 Å². The lowest BCUT2D eigenvalue weighted by atomic mass is 9.99. The zero-order valence-electron chi connectivity index (χ0n) is 11.3. The van der Waals surface area contributed by atoms with E-state index >= 15 is 0 Å². The van der Waals surface area contributed by atoms with Crippen LogP contribution >= 0.6 is 11.6 Å². The predicted octanol–water partition coefficient (Wildman–Crippen LogP) is 4.12. The van der Waals surface area contributed by atoms with Crippen LogP contribution in [-0.4, -0.2) is 19.0 Å². The Kier molecular flexibility index (Phi) is 3.55. The highest BCUT2D eigenvalue weighted by atomic mass is 35.5. The first-order valence-electron chi connectivity index (χ1n) is 6.46. The van der Waals surface area contributed by atoms with E-state index in [1.54, 1.807) is 18.2 Å². The summed E-state index contributed by atoms with van der Waals surface area (Å²) in [6.45, 7) is 2.31. The van der Waals surface area contributed by atoms with E-state index in [4.69, 9.17) is 21.1 Å². The molecule has 0 spiro atoms. The molecule has 3 nitrogen and oxygen atoms in total. The van der Waals surface area contributed by atoms with Gasteiger partial charge in [0, 0.05) is 0 Å². The molecule has 2 aromatic rings. The normalized spacial score (nSPS) is 13.1. The van der Waals surface area contributed by atoms with Crippen LogP contribution in [0.2, 0.25) is 5.02 Å². The molecule has 0 unspecified atom stereocenters. The quantitative estimate of drug-likeness (QED) is 0.783. The number of hydrogen-bond acceptors (Lipinski definition) is 3. The number of benzene rings is 2. The fourth-order valence-corrected chi connectivity index (χ4v) is 2.44. The van der Waals surface area contributed by atoms with Gasteiger partial charge in [0.2, 0.25) is 0 Å². The Morgan fingerprint density at radius 2 is 1.90 bits per heavy atom. The molecule has 0 bridgehead atoms. The minimum Gasteiger partial charge on any atom is -0.486 e. The van der Waals surface area contributed by atoms with Crippen LogP contribution in [0.4, 0.5) is 4.39 Å². The molecule has 21 heavy (non-hydrogen) atoms.